The first-order valence-corrected chi connectivity index (χ1v) is 9.87. The first-order chi connectivity index (χ1) is 13.7. The van der Waals surface area contributed by atoms with E-state index in [-0.39, 0.29) is 11.5 Å². The molecule has 3 aromatic rings. The molecule has 1 aromatic carbocycles. The standard InChI is InChI=1S/C20H24ClN5O2/c1-25(9-11-27-2)15-7-5-6-14(12-15)17-18-19(24-20(21)23-17)26(13-22-18)16-8-3-4-10-28-16/h5-7,12-13,16H,3-4,8-11H2,1-2H3. The fraction of sp³-hybridized carbons (Fsp3) is 0.450. The molecule has 0 saturated carbocycles. The van der Waals surface area contributed by atoms with Gasteiger partial charge in [0.1, 0.15) is 17.4 Å². The quantitative estimate of drug-likeness (QED) is 0.583. The molecule has 7 nitrogen and oxygen atoms in total. The monoisotopic (exact) mass is 401 g/mol. The van der Waals surface area contributed by atoms with Gasteiger partial charge in [-0.3, -0.25) is 4.57 Å². The molecule has 0 N–H and O–H groups in total. The summed E-state index contributed by atoms with van der Waals surface area (Å²) in [5, 5.41) is 0.207. The SMILES string of the molecule is COCCN(C)c1cccc(-c2nc(Cl)nc3c2ncn3C2CCCCO2)c1. The predicted molar refractivity (Wildman–Crippen MR) is 110 cm³/mol. The van der Waals surface area contributed by atoms with Crippen molar-refractivity contribution >= 4 is 28.5 Å². The average molecular weight is 402 g/mol. The maximum atomic E-state index is 6.28. The van der Waals surface area contributed by atoms with Crippen LogP contribution in [0.4, 0.5) is 5.69 Å². The number of nitrogens with zero attached hydrogens (tertiary/aromatic N) is 5. The number of hydrogen-bond donors (Lipinski definition) is 0. The number of aromatic nitrogens is 4. The molecule has 0 bridgehead atoms. The summed E-state index contributed by atoms with van der Waals surface area (Å²) in [6.45, 7) is 2.22. The highest BCUT2D eigenvalue weighted by Gasteiger charge is 2.21. The molecule has 0 aliphatic carbocycles. The van der Waals surface area contributed by atoms with E-state index in [4.69, 9.17) is 21.1 Å². The van der Waals surface area contributed by atoms with Crippen molar-refractivity contribution in [1.82, 2.24) is 19.5 Å². The zero-order valence-corrected chi connectivity index (χ0v) is 16.9. The van der Waals surface area contributed by atoms with Crippen LogP contribution in [-0.4, -0.2) is 53.4 Å². The van der Waals surface area contributed by atoms with Crippen molar-refractivity contribution in [2.45, 2.75) is 25.5 Å². The van der Waals surface area contributed by atoms with Crippen molar-refractivity contribution in [3.05, 3.63) is 35.9 Å². The molecule has 0 amide bonds. The molecular formula is C20H24ClN5O2. The van der Waals surface area contributed by atoms with Gasteiger partial charge in [-0.1, -0.05) is 12.1 Å². The van der Waals surface area contributed by atoms with Crippen LogP contribution < -0.4 is 4.90 Å². The Morgan fingerprint density at radius 1 is 1.32 bits per heavy atom. The average Bonchev–Trinajstić information content (AvgIpc) is 3.15. The number of methoxy groups -OCH3 is 1. The zero-order chi connectivity index (χ0) is 19.5. The third-order valence-electron chi connectivity index (χ3n) is 5.05. The van der Waals surface area contributed by atoms with E-state index in [9.17, 15) is 0 Å². The minimum atomic E-state index is -0.0518. The minimum Gasteiger partial charge on any atom is -0.383 e. The lowest BCUT2D eigenvalue weighted by atomic mass is 10.1. The summed E-state index contributed by atoms with van der Waals surface area (Å²) in [5.74, 6) is 0. The number of halogens is 1. The second-order valence-electron chi connectivity index (χ2n) is 6.95. The van der Waals surface area contributed by atoms with Crippen LogP contribution in [0.3, 0.4) is 0 Å². The Kier molecular flexibility index (Phi) is 5.75. The van der Waals surface area contributed by atoms with Gasteiger partial charge in [-0.05, 0) is 43.0 Å². The van der Waals surface area contributed by atoms with Gasteiger partial charge < -0.3 is 14.4 Å². The van der Waals surface area contributed by atoms with Crippen LogP contribution in [0, 0.1) is 0 Å². The number of likely N-dealkylation sites (N-methyl/N-ethyl adjacent to an activating group) is 1. The van der Waals surface area contributed by atoms with Crippen molar-refractivity contribution in [1.29, 1.82) is 0 Å². The Hall–Kier alpha value is -2.22. The van der Waals surface area contributed by atoms with Crippen molar-refractivity contribution in [3.8, 4) is 11.3 Å². The Bertz CT molecular complexity index is 955. The predicted octanol–water partition coefficient (Wildman–Crippen LogP) is 3.93. The smallest absolute Gasteiger partial charge is 0.225 e. The number of imidazole rings is 1. The summed E-state index contributed by atoms with van der Waals surface area (Å²) < 4.78 is 13.1. The van der Waals surface area contributed by atoms with E-state index in [1.165, 1.54) is 0 Å². The van der Waals surface area contributed by atoms with E-state index in [2.05, 4.69) is 32.0 Å². The van der Waals surface area contributed by atoms with Gasteiger partial charge in [-0.25, -0.2) is 9.97 Å². The van der Waals surface area contributed by atoms with Crippen molar-refractivity contribution in [3.63, 3.8) is 0 Å². The number of ether oxygens (including phenoxy) is 2. The third kappa shape index (κ3) is 3.83. The van der Waals surface area contributed by atoms with Crippen LogP contribution in [0.1, 0.15) is 25.5 Å². The first kappa shape index (κ1) is 19.1. The highest BCUT2D eigenvalue weighted by molar-refractivity contribution is 6.28. The van der Waals surface area contributed by atoms with E-state index >= 15 is 0 Å². The lowest BCUT2D eigenvalue weighted by Crippen LogP contribution is -2.21. The molecule has 1 atom stereocenters. The highest BCUT2D eigenvalue weighted by Crippen LogP contribution is 2.32. The van der Waals surface area contributed by atoms with Gasteiger partial charge in [0.05, 0.1) is 12.9 Å². The Balaban J connectivity index is 1.74. The minimum absolute atomic E-state index is 0.0518. The molecule has 0 radical (unpaired) electrons. The summed E-state index contributed by atoms with van der Waals surface area (Å²) in [6, 6.07) is 8.18. The van der Waals surface area contributed by atoms with Crippen molar-refractivity contribution in [2.24, 2.45) is 0 Å². The van der Waals surface area contributed by atoms with Crippen LogP contribution in [0.25, 0.3) is 22.4 Å². The van der Waals surface area contributed by atoms with Gasteiger partial charge in [0, 0.05) is 38.6 Å². The fourth-order valence-corrected chi connectivity index (χ4v) is 3.66. The molecule has 1 aliphatic heterocycles. The van der Waals surface area contributed by atoms with E-state index in [0.29, 0.717) is 12.3 Å². The zero-order valence-electron chi connectivity index (χ0n) is 16.1. The number of anilines is 1. The van der Waals surface area contributed by atoms with Gasteiger partial charge in [0.2, 0.25) is 5.28 Å². The number of fused-ring (bicyclic) bond motifs is 1. The second-order valence-corrected chi connectivity index (χ2v) is 7.29. The Morgan fingerprint density at radius 3 is 3.00 bits per heavy atom. The Morgan fingerprint density at radius 2 is 2.21 bits per heavy atom. The van der Waals surface area contributed by atoms with Crippen LogP contribution in [0.5, 0.6) is 0 Å². The van der Waals surface area contributed by atoms with E-state index in [0.717, 1.165) is 54.9 Å². The van der Waals surface area contributed by atoms with Crippen LogP contribution >= 0.6 is 11.6 Å². The van der Waals surface area contributed by atoms with Gasteiger partial charge in [-0.15, -0.1) is 0 Å². The lowest BCUT2D eigenvalue weighted by molar-refractivity contribution is -0.0298. The molecule has 1 aliphatic rings. The van der Waals surface area contributed by atoms with Crippen molar-refractivity contribution < 1.29 is 9.47 Å². The summed E-state index contributed by atoms with van der Waals surface area (Å²) >= 11 is 6.28. The fourth-order valence-electron chi connectivity index (χ4n) is 3.49. The molecule has 2 aromatic heterocycles. The van der Waals surface area contributed by atoms with Crippen LogP contribution in [0.2, 0.25) is 5.28 Å². The summed E-state index contributed by atoms with van der Waals surface area (Å²) in [4.78, 5) is 15.7. The first-order valence-electron chi connectivity index (χ1n) is 9.49. The van der Waals surface area contributed by atoms with Crippen LogP contribution in [-0.2, 0) is 9.47 Å². The Labute approximate surface area is 169 Å². The van der Waals surface area contributed by atoms with Crippen molar-refractivity contribution in [2.75, 3.05) is 38.8 Å². The van der Waals surface area contributed by atoms with Gasteiger partial charge >= 0.3 is 0 Å². The molecule has 3 heterocycles. The lowest BCUT2D eigenvalue weighted by Gasteiger charge is -2.23. The molecule has 1 saturated heterocycles. The molecule has 8 heteroatoms. The van der Waals surface area contributed by atoms with E-state index in [1.54, 1.807) is 13.4 Å². The molecule has 0 spiro atoms. The number of benzene rings is 1. The molecule has 148 valence electrons. The largest absolute Gasteiger partial charge is 0.383 e. The van der Waals surface area contributed by atoms with Gasteiger partial charge in [0.15, 0.2) is 5.65 Å². The summed E-state index contributed by atoms with van der Waals surface area (Å²) in [5.41, 5.74) is 4.19. The van der Waals surface area contributed by atoms with Crippen LogP contribution in [0.15, 0.2) is 30.6 Å². The normalized spacial score (nSPS) is 17.2. The maximum Gasteiger partial charge on any atom is 0.225 e. The number of hydrogen-bond acceptors (Lipinski definition) is 6. The van der Waals surface area contributed by atoms with E-state index in [1.807, 2.05) is 23.7 Å². The topological polar surface area (TPSA) is 65.3 Å². The van der Waals surface area contributed by atoms with Gasteiger partial charge in [0.25, 0.3) is 0 Å². The van der Waals surface area contributed by atoms with Gasteiger partial charge in [-0.2, -0.15) is 4.98 Å². The molecule has 1 unspecified atom stereocenters. The van der Waals surface area contributed by atoms with E-state index < -0.39 is 0 Å². The third-order valence-corrected chi connectivity index (χ3v) is 5.22. The molecular weight excluding hydrogens is 378 g/mol. The molecule has 28 heavy (non-hydrogen) atoms. The summed E-state index contributed by atoms with van der Waals surface area (Å²) in [6.07, 6.45) is 4.90. The maximum absolute atomic E-state index is 6.28. The molecule has 4 rings (SSSR count). The summed E-state index contributed by atoms with van der Waals surface area (Å²) in [7, 11) is 3.74. The number of rotatable bonds is 6. The molecule has 1 fully saturated rings. The second kappa shape index (κ2) is 8.43. The highest BCUT2D eigenvalue weighted by atomic mass is 35.5.